The van der Waals surface area contributed by atoms with E-state index in [0.29, 0.717) is 26.2 Å². The molecule has 2 aromatic rings. The van der Waals surface area contributed by atoms with E-state index in [1.807, 2.05) is 60.7 Å². The van der Waals surface area contributed by atoms with Crippen molar-refractivity contribution in [2.75, 3.05) is 40.3 Å². The van der Waals surface area contributed by atoms with Crippen LogP contribution in [-0.2, 0) is 14.8 Å². The Kier molecular flexibility index (Phi) is 6.84. The third kappa shape index (κ3) is 5.32. The molecule has 0 aliphatic carbocycles. The van der Waals surface area contributed by atoms with Gasteiger partial charge in [-0.1, -0.05) is 60.7 Å². The van der Waals surface area contributed by atoms with Crippen molar-refractivity contribution in [3.05, 3.63) is 77.2 Å². The Hall–Kier alpha value is -2.48. The van der Waals surface area contributed by atoms with Gasteiger partial charge in [-0.15, -0.1) is 0 Å². The Morgan fingerprint density at radius 1 is 1.00 bits per heavy atom. The molecule has 0 bridgehead atoms. The van der Waals surface area contributed by atoms with Crippen molar-refractivity contribution in [2.45, 2.75) is 6.04 Å². The molecule has 7 heteroatoms. The van der Waals surface area contributed by atoms with Gasteiger partial charge in [0.2, 0.25) is 10.0 Å². The van der Waals surface area contributed by atoms with E-state index in [1.165, 1.54) is 9.71 Å². The lowest BCUT2D eigenvalue weighted by Crippen LogP contribution is -3.16. The maximum Gasteiger partial charge on any atom is 0.285 e. The van der Waals surface area contributed by atoms with E-state index >= 15 is 0 Å². The van der Waals surface area contributed by atoms with E-state index in [-0.39, 0.29) is 11.9 Å². The van der Waals surface area contributed by atoms with Crippen LogP contribution >= 0.6 is 0 Å². The molecule has 29 heavy (non-hydrogen) atoms. The minimum Gasteiger partial charge on any atom is -0.343 e. The van der Waals surface area contributed by atoms with Crippen LogP contribution in [0.1, 0.15) is 17.2 Å². The number of hydrogen-bond donors (Lipinski definition) is 1. The maximum atomic E-state index is 12.8. The monoisotopic (exact) mass is 414 g/mol. The van der Waals surface area contributed by atoms with Crippen LogP contribution in [0.5, 0.6) is 0 Å². The minimum absolute atomic E-state index is 0.0338. The summed E-state index contributed by atoms with van der Waals surface area (Å²) >= 11 is 0. The molecule has 0 radical (unpaired) electrons. The number of amides is 1. The number of quaternary nitrogens is 1. The molecule has 1 fully saturated rings. The molecule has 0 spiro atoms. The third-order valence-electron chi connectivity index (χ3n) is 5.19. The zero-order chi connectivity index (χ0) is 20.9. The van der Waals surface area contributed by atoms with Crippen molar-refractivity contribution < 1.29 is 18.1 Å². The Labute approximate surface area is 173 Å². The Balaban J connectivity index is 1.71. The number of likely N-dealkylation sites (N-methyl/N-ethyl adjacent to an activating group) is 1. The first-order valence-corrected chi connectivity index (χ1v) is 11.2. The standard InChI is InChI=1S/C22H27N3O3S/c1-23(2)22(26)21(20-11-7-4-8-12-20)24-14-16-25(17-15-24)29(27,28)18-13-19-9-5-3-6-10-19/h3-13,18,21H,14-17H2,1-2H3/p+1/b18-13+/t21-/m0/s1. The lowest BCUT2D eigenvalue weighted by Gasteiger charge is -2.35. The fraction of sp³-hybridized carbons (Fsp3) is 0.318. The lowest BCUT2D eigenvalue weighted by atomic mass is 10.0. The molecule has 0 aromatic heterocycles. The predicted octanol–water partition coefficient (Wildman–Crippen LogP) is 1.02. The fourth-order valence-corrected chi connectivity index (χ4v) is 4.78. The van der Waals surface area contributed by atoms with E-state index < -0.39 is 10.0 Å². The van der Waals surface area contributed by atoms with E-state index in [0.717, 1.165) is 16.0 Å². The molecule has 1 heterocycles. The molecule has 1 saturated heterocycles. The van der Waals surface area contributed by atoms with E-state index in [2.05, 4.69) is 0 Å². The van der Waals surface area contributed by atoms with Crippen LogP contribution in [0.15, 0.2) is 66.1 Å². The van der Waals surface area contributed by atoms with E-state index in [1.54, 1.807) is 25.1 Å². The molecule has 1 aliphatic rings. The van der Waals surface area contributed by atoms with Crippen LogP contribution in [0.25, 0.3) is 6.08 Å². The zero-order valence-electron chi connectivity index (χ0n) is 16.9. The van der Waals surface area contributed by atoms with Crippen molar-refractivity contribution in [3.8, 4) is 0 Å². The molecule has 3 rings (SSSR count). The van der Waals surface area contributed by atoms with Gasteiger partial charge in [0.15, 0.2) is 6.04 Å². The van der Waals surface area contributed by atoms with Crippen molar-refractivity contribution in [3.63, 3.8) is 0 Å². The quantitative estimate of drug-likeness (QED) is 0.768. The maximum absolute atomic E-state index is 12.8. The summed E-state index contributed by atoms with van der Waals surface area (Å²) < 4.78 is 26.9. The largest absolute Gasteiger partial charge is 0.343 e. The number of carbonyl (C=O) groups excluding carboxylic acids is 1. The van der Waals surface area contributed by atoms with Crippen LogP contribution in [0.2, 0.25) is 0 Å². The summed E-state index contributed by atoms with van der Waals surface area (Å²) in [6.07, 6.45) is 1.62. The molecule has 154 valence electrons. The van der Waals surface area contributed by atoms with Crippen molar-refractivity contribution >= 4 is 22.0 Å². The first-order valence-electron chi connectivity index (χ1n) is 9.72. The van der Waals surface area contributed by atoms with Crippen LogP contribution < -0.4 is 4.90 Å². The Morgan fingerprint density at radius 2 is 1.55 bits per heavy atom. The molecule has 1 aliphatic heterocycles. The molecule has 0 saturated carbocycles. The number of hydrogen-bond acceptors (Lipinski definition) is 3. The van der Waals surface area contributed by atoms with Gasteiger partial charge in [0, 0.05) is 25.1 Å². The summed E-state index contributed by atoms with van der Waals surface area (Å²) in [5.41, 5.74) is 1.81. The molecule has 1 atom stereocenters. The highest BCUT2D eigenvalue weighted by atomic mass is 32.2. The Bertz CT molecular complexity index is 936. The summed E-state index contributed by atoms with van der Waals surface area (Å²) in [6, 6.07) is 18.8. The first kappa shape index (κ1) is 21.2. The molecular weight excluding hydrogens is 386 g/mol. The van der Waals surface area contributed by atoms with Crippen LogP contribution in [-0.4, -0.2) is 63.8 Å². The summed E-state index contributed by atoms with van der Waals surface area (Å²) in [5, 5.41) is 1.27. The zero-order valence-corrected chi connectivity index (χ0v) is 17.7. The number of piperazine rings is 1. The van der Waals surface area contributed by atoms with E-state index in [4.69, 9.17) is 0 Å². The lowest BCUT2D eigenvalue weighted by molar-refractivity contribution is -0.925. The number of sulfonamides is 1. The van der Waals surface area contributed by atoms with Crippen LogP contribution in [0.3, 0.4) is 0 Å². The second-order valence-corrected chi connectivity index (χ2v) is 9.21. The Morgan fingerprint density at radius 3 is 2.10 bits per heavy atom. The third-order valence-corrected chi connectivity index (χ3v) is 6.75. The molecular formula is C22H28N3O3S+. The molecule has 6 nitrogen and oxygen atoms in total. The molecule has 0 unspecified atom stereocenters. The van der Waals surface area contributed by atoms with Gasteiger partial charge in [-0.05, 0) is 11.6 Å². The molecule has 2 aromatic carbocycles. The average Bonchev–Trinajstić information content (AvgIpc) is 2.74. The number of rotatable bonds is 6. The SMILES string of the molecule is CN(C)C(=O)[C@H](c1ccccc1)[NH+]1CCN(S(=O)(=O)/C=C/c2ccccc2)CC1. The van der Waals surface area contributed by atoms with Gasteiger partial charge in [0.25, 0.3) is 5.91 Å². The van der Waals surface area contributed by atoms with Crippen molar-refractivity contribution in [1.82, 2.24) is 9.21 Å². The highest BCUT2D eigenvalue weighted by Gasteiger charge is 2.37. The number of nitrogens with one attached hydrogen (secondary N) is 1. The van der Waals surface area contributed by atoms with Crippen molar-refractivity contribution in [1.29, 1.82) is 0 Å². The van der Waals surface area contributed by atoms with Gasteiger partial charge >= 0.3 is 0 Å². The average molecular weight is 415 g/mol. The van der Waals surface area contributed by atoms with Gasteiger partial charge in [0.05, 0.1) is 26.2 Å². The topological polar surface area (TPSA) is 62.1 Å². The second kappa shape index (κ2) is 9.35. The van der Waals surface area contributed by atoms with Gasteiger partial charge in [0.1, 0.15) is 0 Å². The second-order valence-electron chi connectivity index (χ2n) is 7.39. The minimum atomic E-state index is -3.49. The number of carbonyl (C=O) groups is 1. The van der Waals surface area contributed by atoms with Crippen LogP contribution in [0, 0.1) is 0 Å². The summed E-state index contributed by atoms with van der Waals surface area (Å²) in [5.74, 6) is 0.0338. The smallest absolute Gasteiger partial charge is 0.285 e. The highest BCUT2D eigenvalue weighted by Crippen LogP contribution is 2.14. The van der Waals surface area contributed by atoms with Gasteiger partial charge in [-0.3, -0.25) is 4.79 Å². The fourth-order valence-electron chi connectivity index (χ4n) is 3.59. The highest BCUT2D eigenvalue weighted by molar-refractivity contribution is 7.92. The molecule has 1 amide bonds. The predicted molar refractivity (Wildman–Crippen MR) is 115 cm³/mol. The number of benzene rings is 2. The summed E-state index contributed by atoms with van der Waals surface area (Å²) in [7, 11) is 0.0257. The normalized spacial score (nSPS) is 17.3. The summed E-state index contributed by atoms with van der Waals surface area (Å²) in [4.78, 5) is 15.5. The van der Waals surface area contributed by atoms with Crippen LogP contribution in [0.4, 0.5) is 0 Å². The molecule has 1 N–H and O–H groups in total. The van der Waals surface area contributed by atoms with Gasteiger partial charge in [-0.2, -0.15) is 4.31 Å². The van der Waals surface area contributed by atoms with Gasteiger partial charge < -0.3 is 9.80 Å². The van der Waals surface area contributed by atoms with Gasteiger partial charge in [-0.25, -0.2) is 8.42 Å². The summed E-state index contributed by atoms with van der Waals surface area (Å²) in [6.45, 7) is 1.94. The van der Waals surface area contributed by atoms with E-state index in [9.17, 15) is 13.2 Å². The number of nitrogens with zero attached hydrogens (tertiary/aromatic N) is 2. The first-order chi connectivity index (χ1) is 13.9. The van der Waals surface area contributed by atoms with Crippen molar-refractivity contribution in [2.24, 2.45) is 0 Å².